The molecule has 1 heterocycles. The smallest absolute Gasteiger partial charge is 0.223 e. The first-order valence-corrected chi connectivity index (χ1v) is 13.5. The lowest BCUT2D eigenvalue weighted by Gasteiger charge is -2.30. The molecule has 186 valence electrons. The van der Waals surface area contributed by atoms with Crippen LogP contribution >= 0.6 is 0 Å². The Morgan fingerprint density at radius 2 is 1.85 bits per heavy atom. The van der Waals surface area contributed by atoms with Gasteiger partial charge in [-0.2, -0.15) is 0 Å². The molecule has 34 heavy (non-hydrogen) atoms. The van der Waals surface area contributed by atoms with Gasteiger partial charge in [0.1, 0.15) is 0 Å². The first-order valence-electron chi connectivity index (χ1n) is 11.9. The molecular weight excluding hydrogens is 452 g/mol. The predicted molar refractivity (Wildman–Crippen MR) is 134 cm³/mol. The Labute approximate surface area is 203 Å². The number of benzene rings is 2. The summed E-state index contributed by atoms with van der Waals surface area (Å²) in [5, 5.41) is 3.02. The molecule has 0 radical (unpaired) electrons. The van der Waals surface area contributed by atoms with Crippen LogP contribution in [0.4, 0.5) is 0 Å². The highest BCUT2D eigenvalue weighted by molar-refractivity contribution is 7.88. The summed E-state index contributed by atoms with van der Waals surface area (Å²) in [4.78, 5) is 12.6. The Kier molecular flexibility index (Phi) is 9.36. The second-order valence-corrected chi connectivity index (χ2v) is 10.7. The molecule has 0 atom stereocenters. The van der Waals surface area contributed by atoms with Gasteiger partial charge in [-0.05, 0) is 62.8 Å². The summed E-state index contributed by atoms with van der Waals surface area (Å²) in [5.74, 6) is 1.32. The predicted octanol–water partition coefficient (Wildman–Crippen LogP) is 3.69. The van der Waals surface area contributed by atoms with Crippen LogP contribution in [-0.2, 0) is 27.0 Å². The van der Waals surface area contributed by atoms with Crippen LogP contribution in [0.15, 0.2) is 42.5 Å². The van der Waals surface area contributed by atoms with Gasteiger partial charge in [-0.3, -0.25) is 4.79 Å². The van der Waals surface area contributed by atoms with Crippen LogP contribution in [0.2, 0.25) is 0 Å². The number of carbonyl (C=O) groups is 1. The molecule has 0 saturated carbocycles. The van der Waals surface area contributed by atoms with E-state index in [1.54, 1.807) is 7.11 Å². The van der Waals surface area contributed by atoms with Gasteiger partial charge in [-0.25, -0.2) is 12.7 Å². The van der Waals surface area contributed by atoms with Crippen LogP contribution in [0.1, 0.15) is 42.9 Å². The molecule has 3 rings (SSSR count). The van der Waals surface area contributed by atoms with Gasteiger partial charge >= 0.3 is 0 Å². The number of amides is 1. The summed E-state index contributed by atoms with van der Waals surface area (Å²) in [7, 11) is -1.76. The van der Waals surface area contributed by atoms with E-state index in [2.05, 4.69) is 5.32 Å². The summed E-state index contributed by atoms with van der Waals surface area (Å²) in [6.45, 7) is 5.83. The first kappa shape index (κ1) is 26.0. The van der Waals surface area contributed by atoms with E-state index >= 15 is 0 Å². The van der Waals surface area contributed by atoms with Crippen molar-refractivity contribution >= 4 is 15.9 Å². The van der Waals surface area contributed by atoms with E-state index < -0.39 is 10.0 Å². The van der Waals surface area contributed by atoms with E-state index in [-0.39, 0.29) is 17.6 Å². The molecule has 1 N–H and O–H groups in total. The molecule has 0 spiro atoms. The van der Waals surface area contributed by atoms with E-state index in [0.29, 0.717) is 44.8 Å². The van der Waals surface area contributed by atoms with Crippen LogP contribution in [0.5, 0.6) is 11.5 Å². The molecule has 1 saturated heterocycles. The van der Waals surface area contributed by atoms with Crippen LogP contribution in [0, 0.1) is 12.8 Å². The van der Waals surface area contributed by atoms with Crippen molar-refractivity contribution in [2.45, 2.75) is 45.3 Å². The van der Waals surface area contributed by atoms with E-state index in [4.69, 9.17) is 9.47 Å². The molecule has 0 unspecified atom stereocenters. The van der Waals surface area contributed by atoms with E-state index in [0.717, 1.165) is 35.3 Å². The Balaban J connectivity index is 1.41. The summed E-state index contributed by atoms with van der Waals surface area (Å²) in [6, 6.07) is 13.5. The van der Waals surface area contributed by atoms with Crippen molar-refractivity contribution in [3.63, 3.8) is 0 Å². The lowest BCUT2D eigenvalue weighted by molar-refractivity contribution is -0.126. The van der Waals surface area contributed by atoms with Crippen molar-refractivity contribution in [2.24, 2.45) is 5.92 Å². The largest absolute Gasteiger partial charge is 0.493 e. The minimum Gasteiger partial charge on any atom is -0.493 e. The molecule has 1 amide bonds. The highest BCUT2D eigenvalue weighted by Gasteiger charge is 2.31. The lowest BCUT2D eigenvalue weighted by atomic mass is 9.97. The molecule has 0 bridgehead atoms. The Morgan fingerprint density at radius 1 is 1.09 bits per heavy atom. The van der Waals surface area contributed by atoms with Gasteiger partial charge in [0.2, 0.25) is 15.9 Å². The highest BCUT2D eigenvalue weighted by Crippen LogP contribution is 2.28. The van der Waals surface area contributed by atoms with Gasteiger partial charge in [-0.15, -0.1) is 0 Å². The van der Waals surface area contributed by atoms with Gasteiger partial charge in [0.05, 0.1) is 19.5 Å². The Bertz CT molecular complexity index is 1060. The van der Waals surface area contributed by atoms with Crippen molar-refractivity contribution in [1.82, 2.24) is 9.62 Å². The number of carbonyl (C=O) groups excluding carboxylic acids is 1. The molecule has 7 nitrogen and oxygen atoms in total. The molecule has 0 aromatic heterocycles. The van der Waals surface area contributed by atoms with E-state index in [9.17, 15) is 13.2 Å². The molecular formula is C26H36N2O5S. The zero-order valence-corrected chi connectivity index (χ0v) is 21.2. The topological polar surface area (TPSA) is 84.9 Å². The van der Waals surface area contributed by atoms with Gasteiger partial charge < -0.3 is 14.8 Å². The van der Waals surface area contributed by atoms with Crippen molar-refractivity contribution in [3.05, 3.63) is 59.2 Å². The Hall–Kier alpha value is -2.58. The van der Waals surface area contributed by atoms with Crippen LogP contribution in [0.25, 0.3) is 0 Å². The van der Waals surface area contributed by atoms with E-state index in [1.165, 1.54) is 4.31 Å². The molecule has 1 fully saturated rings. The molecule has 1 aliphatic rings. The highest BCUT2D eigenvalue weighted by atomic mass is 32.2. The van der Waals surface area contributed by atoms with Crippen LogP contribution in [-0.4, -0.2) is 52.0 Å². The molecule has 0 aliphatic carbocycles. The number of rotatable bonds is 11. The SMILES string of the molecule is CCOc1ccc(CCCNC(=O)C2CCN(S(=O)(=O)Cc3cccc(C)c3)CC2)cc1OC. The number of hydrogen-bond donors (Lipinski definition) is 1. The maximum atomic E-state index is 12.8. The van der Waals surface area contributed by atoms with Crippen molar-refractivity contribution in [1.29, 1.82) is 0 Å². The summed E-state index contributed by atoms with van der Waals surface area (Å²) < 4.78 is 38.1. The fourth-order valence-electron chi connectivity index (χ4n) is 4.29. The molecule has 2 aromatic carbocycles. The minimum atomic E-state index is -3.38. The lowest BCUT2D eigenvalue weighted by Crippen LogP contribution is -2.43. The van der Waals surface area contributed by atoms with Gasteiger partial charge in [0, 0.05) is 25.6 Å². The normalized spacial score (nSPS) is 15.1. The van der Waals surface area contributed by atoms with Crippen molar-refractivity contribution in [2.75, 3.05) is 33.4 Å². The third kappa shape index (κ3) is 7.21. The molecule has 2 aromatic rings. The number of ether oxygens (including phenoxy) is 2. The molecule has 8 heteroatoms. The number of hydrogen-bond acceptors (Lipinski definition) is 5. The van der Waals surface area contributed by atoms with Crippen molar-refractivity contribution < 1.29 is 22.7 Å². The van der Waals surface area contributed by atoms with Gasteiger partial charge in [0.25, 0.3) is 0 Å². The van der Waals surface area contributed by atoms with Crippen molar-refractivity contribution in [3.8, 4) is 11.5 Å². The summed E-state index contributed by atoms with van der Waals surface area (Å²) in [5.41, 5.74) is 2.97. The summed E-state index contributed by atoms with van der Waals surface area (Å²) >= 11 is 0. The average Bonchev–Trinajstić information content (AvgIpc) is 2.82. The quantitative estimate of drug-likeness (QED) is 0.488. The Morgan fingerprint density at radius 3 is 2.53 bits per heavy atom. The third-order valence-electron chi connectivity index (χ3n) is 6.12. The third-order valence-corrected chi connectivity index (χ3v) is 7.97. The average molecular weight is 489 g/mol. The fraction of sp³-hybridized carbons (Fsp3) is 0.500. The first-order chi connectivity index (χ1) is 16.3. The number of piperidine rings is 1. The number of nitrogens with zero attached hydrogens (tertiary/aromatic N) is 1. The monoisotopic (exact) mass is 488 g/mol. The second kappa shape index (κ2) is 12.2. The minimum absolute atomic E-state index is 0.00186. The standard InChI is InChI=1S/C26H36N2O5S/c1-4-33-24-11-10-21(18-25(24)32-3)9-6-14-27-26(29)23-12-15-28(16-13-23)34(30,31)19-22-8-5-7-20(2)17-22/h5,7-8,10-11,17-18,23H,4,6,9,12-16,19H2,1-3H3,(H,27,29). The number of aryl methyl sites for hydroxylation is 2. The van der Waals surface area contributed by atoms with E-state index in [1.807, 2.05) is 56.3 Å². The number of methoxy groups -OCH3 is 1. The second-order valence-electron chi connectivity index (χ2n) is 8.73. The number of nitrogens with one attached hydrogen (secondary N) is 1. The zero-order valence-electron chi connectivity index (χ0n) is 20.4. The van der Waals surface area contributed by atoms with Crippen LogP contribution < -0.4 is 14.8 Å². The zero-order chi connectivity index (χ0) is 24.6. The van der Waals surface area contributed by atoms with Crippen LogP contribution in [0.3, 0.4) is 0 Å². The fourth-order valence-corrected chi connectivity index (χ4v) is 5.84. The van der Waals surface area contributed by atoms with Gasteiger partial charge in [0.15, 0.2) is 11.5 Å². The molecule has 1 aliphatic heterocycles. The van der Waals surface area contributed by atoms with Gasteiger partial charge in [-0.1, -0.05) is 35.9 Å². The maximum absolute atomic E-state index is 12.8. The maximum Gasteiger partial charge on any atom is 0.223 e. The summed E-state index contributed by atoms with van der Waals surface area (Å²) in [6.07, 6.45) is 2.73. The number of sulfonamides is 1.